The van der Waals surface area contributed by atoms with Gasteiger partial charge in [0.15, 0.2) is 0 Å². The van der Waals surface area contributed by atoms with Crippen LogP contribution in [0, 0.1) is 0 Å². The largest absolute Gasteiger partial charge is 0.467 e. The van der Waals surface area contributed by atoms with Gasteiger partial charge in [-0.05, 0) is 48.8 Å². The van der Waals surface area contributed by atoms with Gasteiger partial charge in [-0.15, -0.1) is 0 Å². The van der Waals surface area contributed by atoms with Gasteiger partial charge in [0, 0.05) is 23.6 Å². The molecule has 1 aromatic carbocycles. The molecule has 122 valence electrons. The molecule has 23 heavy (non-hydrogen) atoms. The molecule has 0 spiro atoms. The van der Waals surface area contributed by atoms with Gasteiger partial charge in [-0.3, -0.25) is 4.79 Å². The van der Waals surface area contributed by atoms with Gasteiger partial charge in [-0.2, -0.15) is 11.8 Å². The van der Waals surface area contributed by atoms with Crippen molar-refractivity contribution in [2.75, 3.05) is 19.1 Å². The number of hydrogen-bond donors (Lipinski definition) is 1. The van der Waals surface area contributed by atoms with E-state index in [9.17, 15) is 9.59 Å². The van der Waals surface area contributed by atoms with Crippen LogP contribution in [0.2, 0.25) is 0 Å². The molecule has 1 aromatic heterocycles. The topological polar surface area (TPSA) is 60.3 Å². The molecule has 0 saturated carbocycles. The number of hydrogen-bond acceptors (Lipinski definition) is 4. The molecule has 2 rings (SSSR count). The van der Waals surface area contributed by atoms with Gasteiger partial charge in [0.1, 0.15) is 6.04 Å². The molecule has 1 heterocycles. The fraction of sp³-hybridized carbons (Fsp3) is 0.294. The van der Waals surface area contributed by atoms with Gasteiger partial charge in [0.25, 0.3) is 5.91 Å². The van der Waals surface area contributed by atoms with Crippen LogP contribution in [0.1, 0.15) is 16.8 Å². The highest BCUT2D eigenvalue weighted by molar-refractivity contribution is 7.98. The van der Waals surface area contributed by atoms with E-state index in [-0.39, 0.29) is 5.91 Å². The number of carbonyl (C=O) groups excluding carboxylic acids is 2. The minimum Gasteiger partial charge on any atom is -0.467 e. The lowest BCUT2D eigenvalue weighted by Gasteiger charge is -2.16. The Morgan fingerprint density at radius 3 is 2.65 bits per heavy atom. The Balaban J connectivity index is 2.12. The van der Waals surface area contributed by atoms with Crippen LogP contribution in [-0.2, 0) is 9.53 Å². The third-order valence-corrected chi connectivity index (χ3v) is 4.06. The lowest BCUT2D eigenvalue weighted by Crippen LogP contribution is -2.41. The van der Waals surface area contributed by atoms with Crippen molar-refractivity contribution < 1.29 is 14.3 Å². The van der Waals surface area contributed by atoms with Crippen molar-refractivity contribution in [1.29, 1.82) is 0 Å². The summed E-state index contributed by atoms with van der Waals surface area (Å²) in [6, 6.07) is 10.5. The summed E-state index contributed by atoms with van der Waals surface area (Å²) in [6.07, 6.45) is 6.31. The number of nitrogens with one attached hydrogen (secondary N) is 1. The molecule has 1 N–H and O–H groups in total. The number of methoxy groups -OCH3 is 1. The maximum atomic E-state index is 12.4. The van der Waals surface area contributed by atoms with Gasteiger partial charge in [0.05, 0.1) is 7.11 Å². The van der Waals surface area contributed by atoms with Gasteiger partial charge in [0.2, 0.25) is 0 Å². The lowest BCUT2D eigenvalue weighted by atomic mass is 10.1. The van der Waals surface area contributed by atoms with E-state index in [1.54, 1.807) is 23.9 Å². The van der Waals surface area contributed by atoms with Gasteiger partial charge >= 0.3 is 5.97 Å². The number of ether oxygens (including phenoxy) is 1. The summed E-state index contributed by atoms with van der Waals surface area (Å²) >= 11 is 1.62. The normalized spacial score (nSPS) is 11.7. The van der Waals surface area contributed by atoms with E-state index in [4.69, 9.17) is 4.74 Å². The zero-order valence-corrected chi connectivity index (χ0v) is 14.0. The quantitative estimate of drug-likeness (QED) is 0.792. The number of amides is 1. The highest BCUT2D eigenvalue weighted by Gasteiger charge is 2.21. The number of rotatable bonds is 7. The summed E-state index contributed by atoms with van der Waals surface area (Å²) in [5.41, 5.74) is 1.40. The molecule has 0 radical (unpaired) electrons. The molecule has 0 aliphatic carbocycles. The summed E-state index contributed by atoms with van der Waals surface area (Å²) in [7, 11) is 1.33. The first-order chi connectivity index (χ1) is 11.2. The molecule has 0 aliphatic rings. The second-order valence-electron chi connectivity index (χ2n) is 4.97. The van der Waals surface area contributed by atoms with E-state index in [2.05, 4.69) is 5.32 Å². The Hall–Kier alpha value is -2.21. The van der Waals surface area contributed by atoms with Crippen LogP contribution >= 0.6 is 11.8 Å². The molecule has 0 unspecified atom stereocenters. The Labute approximate surface area is 140 Å². The maximum absolute atomic E-state index is 12.4. The zero-order chi connectivity index (χ0) is 16.7. The summed E-state index contributed by atoms with van der Waals surface area (Å²) in [6.45, 7) is 0. The summed E-state index contributed by atoms with van der Waals surface area (Å²) in [4.78, 5) is 24.2. The second-order valence-corrected chi connectivity index (χ2v) is 5.96. The van der Waals surface area contributed by atoms with Gasteiger partial charge in [-0.25, -0.2) is 4.79 Å². The summed E-state index contributed by atoms with van der Waals surface area (Å²) < 4.78 is 6.68. The van der Waals surface area contributed by atoms with Crippen molar-refractivity contribution in [3.8, 4) is 5.69 Å². The van der Waals surface area contributed by atoms with Gasteiger partial charge < -0.3 is 14.6 Å². The van der Waals surface area contributed by atoms with Crippen LogP contribution in [0.4, 0.5) is 0 Å². The van der Waals surface area contributed by atoms with Crippen molar-refractivity contribution in [3.63, 3.8) is 0 Å². The predicted octanol–water partition coefficient (Wildman–Crippen LogP) is 2.50. The van der Waals surface area contributed by atoms with E-state index in [0.29, 0.717) is 12.0 Å². The molecular weight excluding hydrogens is 312 g/mol. The molecule has 1 amide bonds. The van der Waals surface area contributed by atoms with E-state index >= 15 is 0 Å². The first-order valence-corrected chi connectivity index (χ1v) is 8.66. The predicted molar refractivity (Wildman–Crippen MR) is 92.0 cm³/mol. The van der Waals surface area contributed by atoms with Crippen LogP contribution in [0.25, 0.3) is 5.69 Å². The van der Waals surface area contributed by atoms with Crippen molar-refractivity contribution >= 4 is 23.6 Å². The second kappa shape index (κ2) is 8.43. The zero-order valence-electron chi connectivity index (χ0n) is 13.2. The van der Waals surface area contributed by atoms with Crippen LogP contribution in [0.3, 0.4) is 0 Å². The molecule has 0 aliphatic heterocycles. The Morgan fingerprint density at radius 1 is 1.26 bits per heavy atom. The number of thioether (sulfide) groups is 1. The van der Waals surface area contributed by atoms with E-state index in [0.717, 1.165) is 11.4 Å². The monoisotopic (exact) mass is 332 g/mol. The average Bonchev–Trinajstić information content (AvgIpc) is 3.12. The van der Waals surface area contributed by atoms with Crippen molar-refractivity contribution in [2.45, 2.75) is 12.5 Å². The number of nitrogens with zero attached hydrogens (tertiary/aromatic N) is 1. The van der Waals surface area contributed by atoms with Crippen LogP contribution in [0.15, 0.2) is 48.8 Å². The van der Waals surface area contributed by atoms with Crippen molar-refractivity contribution in [2.24, 2.45) is 0 Å². The Bertz CT molecular complexity index is 656. The number of benzene rings is 1. The van der Waals surface area contributed by atoms with E-state index in [1.165, 1.54) is 7.11 Å². The highest BCUT2D eigenvalue weighted by Crippen LogP contribution is 2.12. The van der Waals surface area contributed by atoms with Crippen molar-refractivity contribution in [1.82, 2.24) is 9.88 Å². The molecule has 6 heteroatoms. The fourth-order valence-electron chi connectivity index (χ4n) is 2.18. The van der Waals surface area contributed by atoms with Crippen LogP contribution in [0.5, 0.6) is 0 Å². The minimum absolute atomic E-state index is 0.282. The number of esters is 1. The number of aromatic nitrogens is 1. The Morgan fingerprint density at radius 2 is 2.00 bits per heavy atom. The first-order valence-electron chi connectivity index (χ1n) is 7.26. The SMILES string of the molecule is COC(=O)[C@@H](CCSC)NC(=O)c1cccc(-n2cccc2)c1. The highest BCUT2D eigenvalue weighted by atomic mass is 32.2. The van der Waals surface area contributed by atoms with Crippen molar-refractivity contribution in [3.05, 3.63) is 54.4 Å². The van der Waals surface area contributed by atoms with E-state index < -0.39 is 12.0 Å². The van der Waals surface area contributed by atoms with Crippen LogP contribution < -0.4 is 5.32 Å². The smallest absolute Gasteiger partial charge is 0.328 e. The maximum Gasteiger partial charge on any atom is 0.328 e. The lowest BCUT2D eigenvalue weighted by molar-refractivity contribution is -0.142. The molecule has 0 fully saturated rings. The average molecular weight is 332 g/mol. The molecule has 2 aromatic rings. The van der Waals surface area contributed by atoms with Gasteiger partial charge in [-0.1, -0.05) is 6.07 Å². The number of carbonyl (C=O) groups is 2. The fourth-order valence-corrected chi connectivity index (χ4v) is 2.65. The third-order valence-electron chi connectivity index (χ3n) is 3.41. The molecule has 0 saturated heterocycles. The molecule has 1 atom stereocenters. The summed E-state index contributed by atoms with van der Waals surface area (Å²) in [5, 5.41) is 2.76. The molecular formula is C17H20N2O3S. The van der Waals surface area contributed by atoms with E-state index in [1.807, 2.05) is 47.5 Å². The molecule has 5 nitrogen and oxygen atoms in total. The van der Waals surface area contributed by atoms with Crippen LogP contribution in [-0.4, -0.2) is 41.6 Å². The summed E-state index contributed by atoms with van der Waals surface area (Å²) in [5.74, 6) is 0.0631. The third kappa shape index (κ3) is 4.63. The Kier molecular flexibility index (Phi) is 6.29. The standard InChI is InChI=1S/C17H20N2O3S/c1-22-17(21)15(8-11-23-2)18-16(20)13-6-5-7-14(12-13)19-9-3-4-10-19/h3-7,9-10,12,15H,8,11H2,1-2H3,(H,18,20)/t15-/m1/s1. The first kappa shape index (κ1) is 17.1. The minimum atomic E-state index is -0.629. The molecule has 0 bridgehead atoms.